The van der Waals surface area contributed by atoms with E-state index >= 15 is 0 Å². The third-order valence-corrected chi connectivity index (χ3v) is 6.79. The zero-order valence-corrected chi connectivity index (χ0v) is 19.3. The van der Waals surface area contributed by atoms with Gasteiger partial charge in [0.2, 0.25) is 0 Å². The molecule has 1 aromatic heterocycles. The van der Waals surface area contributed by atoms with Crippen LogP contribution in [0.3, 0.4) is 0 Å². The van der Waals surface area contributed by atoms with Crippen molar-refractivity contribution in [2.24, 2.45) is 0 Å². The molecule has 4 rings (SSSR count). The van der Waals surface area contributed by atoms with E-state index in [1.807, 2.05) is 44.2 Å². The molecule has 1 aliphatic rings. The summed E-state index contributed by atoms with van der Waals surface area (Å²) < 4.78 is 1.75. The van der Waals surface area contributed by atoms with Crippen LogP contribution in [0.4, 0.5) is 5.69 Å². The summed E-state index contributed by atoms with van der Waals surface area (Å²) in [6, 6.07) is 14.6. The monoisotopic (exact) mass is 452 g/mol. The Hall–Kier alpha value is -2.63. The number of fused-ring (bicyclic) bond motifs is 1. The highest BCUT2D eigenvalue weighted by Gasteiger charge is 2.25. The van der Waals surface area contributed by atoms with Crippen LogP contribution in [0.15, 0.2) is 53.3 Å². The lowest BCUT2D eigenvalue weighted by Crippen LogP contribution is -2.30. The Kier molecular flexibility index (Phi) is 6.68. The van der Waals surface area contributed by atoms with E-state index < -0.39 is 0 Å². The molecule has 0 atom stereocenters. The number of benzene rings is 2. The SMILES string of the molecule is CCN(C(=O)c1ccc2c(c1)c(C1CCC(O)CC1)cc(=O)n2CC)c1ccc(Cl)cc1. The molecule has 0 radical (unpaired) electrons. The highest BCUT2D eigenvalue weighted by atomic mass is 35.5. The number of anilines is 1. The van der Waals surface area contributed by atoms with Gasteiger partial charge >= 0.3 is 0 Å². The van der Waals surface area contributed by atoms with Gasteiger partial charge in [-0.15, -0.1) is 0 Å². The number of hydrogen-bond donors (Lipinski definition) is 1. The molecule has 168 valence electrons. The molecule has 3 aromatic rings. The molecular weight excluding hydrogens is 424 g/mol. The molecular formula is C26H29ClN2O3. The van der Waals surface area contributed by atoms with Crippen molar-refractivity contribution in [2.75, 3.05) is 11.4 Å². The van der Waals surface area contributed by atoms with Crippen LogP contribution in [0.5, 0.6) is 0 Å². The minimum atomic E-state index is -0.261. The van der Waals surface area contributed by atoms with Crippen molar-refractivity contribution in [1.82, 2.24) is 4.57 Å². The molecule has 32 heavy (non-hydrogen) atoms. The summed E-state index contributed by atoms with van der Waals surface area (Å²) in [5.74, 6) is 0.125. The fraction of sp³-hybridized carbons (Fsp3) is 0.385. The topological polar surface area (TPSA) is 62.5 Å². The van der Waals surface area contributed by atoms with Gasteiger partial charge in [-0.2, -0.15) is 0 Å². The zero-order chi connectivity index (χ0) is 22.8. The van der Waals surface area contributed by atoms with Crippen molar-refractivity contribution in [3.63, 3.8) is 0 Å². The zero-order valence-electron chi connectivity index (χ0n) is 18.6. The third-order valence-electron chi connectivity index (χ3n) is 6.54. The van der Waals surface area contributed by atoms with Gasteiger partial charge in [0.1, 0.15) is 0 Å². The number of aromatic nitrogens is 1. The molecule has 1 fully saturated rings. The van der Waals surface area contributed by atoms with Gasteiger partial charge in [-0.05, 0) is 93.5 Å². The van der Waals surface area contributed by atoms with Gasteiger partial charge in [-0.25, -0.2) is 0 Å². The Bertz CT molecular complexity index is 1180. The Balaban J connectivity index is 1.80. The predicted octanol–water partition coefficient (Wildman–Crippen LogP) is 5.36. The standard InChI is InChI=1S/C26H29ClN2O3/c1-3-28(20-10-8-19(27)9-11-20)26(32)18-7-14-24-23(15-18)22(16-25(31)29(24)4-2)17-5-12-21(30)13-6-17/h7-11,14-17,21,30H,3-6,12-13H2,1-2H3. The smallest absolute Gasteiger partial charge is 0.258 e. The molecule has 0 spiro atoms. The van der Waals surface area contributed by atoms with Gasteiger partial charge in [0, 0.05) is 40.8 Å². The number of aliphatic hydroxyl groups is 1. The maximum Gasteiger partial charge on any atom is 0.258 e. The number of nitrogens with zero attached hydrogens (tertiary/aromatic N) is 2. The van der Waals surface area contributed by atoms with Crippen LogP contribution in [-0.2, 0) is 6.54 Å². The summed E-state index contributed by atoms with van der Waals surface area (Å²) in [6.07, 6.45) is 2.90. The van der Waals surface area contributed by atoms with Crippen LogP contribution in [0, 0.1) is 0 Å². The minimum absolute atomic E-state index is 0.0171. The summed E-state index contributed by atoms with van der Waals surface area (Å²) in [5.41, 5.74) is 3.21. The molecule has 1 aliphatic carbocycles. The van der Waals surface area contributed by atoms with Gasteiger partial charge in [-0.1, -0.05) is 11.6 Å². The first kappa shape index (κ1) is 22.6. The van der Waals surface area contributed by atoms with Gasteiger partial charge in [0.15, 0.2) is 0 Å². The molecule has 2 aromatic carbocycles. The number of aliphatic hydroxyl groups excluding tert-OH is 1. The van der Waals surface area contributed by atoms with E-state index in [2.05, 4.69) is 0 Å². The number of amides is 1. The van der Waals surface area contributed by atoms with Crippen LogP contribution in [0.2, 0.25) is 5.02 Å². The van der Waals surface area contributed by atoms with E-state index in [1.54, 1.807) is 27.7 Å². The lowest BCUT2D eigenvalue weighted by molar-refractivity contribution is 0.0988. The van der Waals surface area contributed by atoms with E-state index in [9.17, 15) is 14.7 Å². The average molecular weight is 453 g/mol. The lowest BCUT2D eigenvalue weighted by Gasteiger charge is -2.27. The molecule has 1 heterocycles. The third kappa shape index (κ3) is 4.32. The Labute approximate surface area is 193 Å². The van der Waals surface area contributed by atoms with Crippen LogP contribution >= 0.6 is 11.6 Å². The molecule has 0 aliphatic heterocycles. The lowest BCUT2D eigenvalue weighted by atomic mass is 9.81. The molecule has 0 bridgehead atoms. The van der Waals surface area contributed by atoms with Crippen molar-refractivity contribution >= 4 is 34.1 Å². The van der Waals surface area contributed by atoms with Crippen molar-refractivity contribution in [2.45, 2.75) is 58.1 Å². The predicted molar refractivity (Wildman–Crippen MR) is 130 cm³/mol. The fourth-order valence-corrected chi connectivity index (χ4v) is 4.94. The van der Waals surface area contributed by atoms with Crippen molar-refractivity contribution in [1.29, 1.82) is 0 Å². The second kappa shape index (κ2) is 9.47. The van der Waals surface area contributed by atoms with E-state index in [0.29, 0.717) is 23.7 Å². The van der Waals surface area contributed by atoms with E-state index in [4.69, 9.17) is 11.6 Å². The molecule has 1 saturated carbocycles. The Morgan fingerprint density at radius 2 is 1.75 bits per heavy atom. The second-order valence-corrected chi connectivity index (χ2v) is 8.88. The maximum absolute atomic E-state index is 13.4. The number of carbonyl (C=O) groups excluding carboxylic acids is 1. The number of halogens is 1. The number of rotatable bonds is 5. The number of hydrogen-bond acceptors (Lipinski definition) is 3. The molecule has 6 heteroatoms. The normalized spacial score (nSPS) is 18.6. The van der Waals surface area contributed by atoms with Crippen LogP contribution in [-0.4, -0.2) is 28.2 Å². The van der Waals surface area contributed by atoms with E-state index in [0.717, 1.165) is 47.8 Å². The first-order valence-corrected chi connectivity index (χ1v) is 11.7. The fourth-order valence-electron chi connectivity index (χ4n) is 4.81. The van der Waals surface area contributed by atoms with Gasteiger partial charge in [0.05, 0.1) is 11.6 Å². The van der Waals surface area contributed by atoms with Gasteiger partial charge in [0.25, 0.3) is 11.5 Å². The second-order valence-electron chi connectivity index (χ2n) is 8.45. The van der Waals surface area contributed by atoms with Gasteiger partial charge < -0.3 is 14.6 Å². The largest absolute Gasteiger partial charge is 0.393 e. The highest BCUT2D eigenvalue weighted by Crippen LogP contribution is 2.36. The molecule has 5 nitrogen and oxygen atoms in total. The van der Waals surface area contributed by atoms with E-state index in [1.165, 1.54) is 0 Å². The quantitative estimate of drug-likeness (QED) is 0.566. The Morgan fingerprint density at radius 3 is 2.38 bits per heavy atom. The summed E-state index contributed by atoms with van der Waals surface area (Å²) in [7, 11) is 0. The number of aryl methyl sites for hydroxylation is 1. The van der Waals surface area contributed by atoms with Crippen molar-refractivity contribution < 1.29 is 9.90 Å². The maximum atomic E-state index is 13.4. The summed E-state index contributed by atoms with van der Waals surface area (Å²) in [4.78, 5) is 28.0. The molecule has 0 unspecified atom stereocenters. The summed E-state index contributed by atoms with van der Waals surface area (Å²) in [6.45, 7) is 5.00. The highest BCUT2D eigenvalue weighted by molar-refractivity contribution is 6.30. The van der Waals surface area contributed by atoms with E-state index in [-0.39, 0.29) is 23.5 Å². The van der Waals surface area contributed by atoms with Crippen molar-refractivity contribution in [3.8, 4) is 0 Å². The average Bonchev–Trinajstić information content (AvgIpc) is 2.80. The summed E-state index contributed by atoms with van der Waals surface area (Å²) >= 11 is 6.02. The van der Waals surface area contributed by atoms with Crippen LogP contribution in [0.25, 0.3) is 10.9 Å². The Morgan fingerprint density at radius 1 is 1.06 bits per heavy atom. The van der Waals surface area contributed by atoms with Crippen LogP contribution < -0.4 is 10.5 Å². The first-order chi connectivity index (χ1) is 15.4. The first-order valence-electron chi connectivity index (χ1n) is 11.4. The van der Waals surface area contributed by atoms with Gasteiger partial charge in [-0.3, -0.25) is 9.59 Å². The molecule has 1 amide bonds. The number of carbonyl (C=O) groups is 1. The summed E-state index contributed by atoms with van der Waals surface area (Å²) in [5, 5.41) is 11.5. The molecule has 0 saturated heterocycles. The van der Waals surface area contributed by atoms with Crippen molar-refractivity contribution in [3.05, 3.63) is 75.0 Å². The number of pyridine rings is 1. The minimum Gasteiger partial charge on any atom is -0.393 e. The van der Waals surface area contributed by atoms with Crippen LogP contribution in [0.1, 0.15) is 61.4 Å². The molecule has 1 N–H and O–H groups in total.